The molecule has 1 amide bonds. The predicted molar refractivity (Wildman–Crippen MR) is 146 cm³/mol. The lowest BCUT2D eigenvalue weighted by atomic mass is 10.1. The molecule has 0 unspecified atom stereocenters. The number of anilines is 1. The molecule has 0 aliphatic carbocycles. The maximum atomic E-state index is 13.4. The molecule has 1 saturated heterocycles. The zero-order chi connectivity index (χ0) is 24.5. The van der Waals surface area contributed by atoms with Gasteiger partial charge in [-0.2, -0.15) is 0 Å². The molecule has 1 aliphatic heterocycles. The van der Waals surface area contributed by atoms with Crippen LogP contribution in [-0.2, 0) is 11.3 Å². The van der Waals surface area contributed by atoms with Gasteiger partial charge in [0.25, 0.3) is 5.91 Å². The van der Waals surface area contributed by atoms with E-state index >= 15 is 0 Å². The van der Waals surface area contributed by atoms with Crippen LogP contribution < -0.4 is 9.64 Å². The normalized spacial score (nSPS) is 15.0. The van der Waals surface area contributed by atoms with E-state index < -0.39 is 0 Å². The number of nitrogens with zero attached hydrogens (tertiary/aromatic N) is 3. The highest BCUT2D eigenvalue weighted by Crippen LogP contribution is 2.31. The number of carbonyl (C=O) groups is 1. The number of para-hydroxylation sites is 1. The summed E-state index contributed by atoms with van der Waals surface area (Å²) in [6, 6.07) is 22.5. The van der Waals surface area contributed by atoms with Crippen molar-refractivity contribution in [1.29, 1.82) is 0 Å². The van der Waals surface area contributed by atoms with E-state index in [1.54, 1.807) is 48.3 Å². The molecule has 5 rings (SSSR count). The third kappa shape index (κ3) is 4.65. The molecule has 8 heteroatoms. The van der Waals surface area contributed by atoms with E-state index in [0.29, 0.717) is 39.7 Å². The maximum absolute atomic E-state index is 13.4. The SMILES string of the molecule is CN1C(=S)N(c2ccc(Cl)cc2)C(=O)/C1=C/c1cn(CCOc2ccc(Cl)cc2)c2ccccc12. The van der Waals surface area contributed by atoms with Gasteiger partial charge in [0.2, 0.25) is 0 Å². The fraction of sp³-hybridized carbons (Fsp3) is 0.111. The number of thiocarbonyl (C=S) groups is 1. The van der Waals surface area contributed by atoms with Gasteiger partial charge in [-0.05, 0) is 72.9 Å². The molecule has 3 aromatic carbocycles. The van der Waals surface area contributed by atoms with Crippen LogP contribution in [0.2, 0.25) is 10.0 Å². The first-order valence-corrected chi connectivity index (χ1v) is 12.1. The third-order valence-electron chi connectivity index (χ3n) is 5.87. The third-order valence-corrected chi connectivity index (χ3v) is 6.83. The van der Waals surface area contributed by atoms with Gasteiger partial charge in [-0.15, -0.1) is 0 Å². The number of hydrogen-bond acceptors (Lipinski definition) is 3. The summed E-state index contributed by atoms with van der Waals surface area (Å²) in [6.45, 7) is 1.13. The minimum atomic E-state index is -0.178. The van der Waals surface area contributed by atoms with Crippen molar-refractivity contribution >= 4 is 69.1 Å². The summed E-state index contributed by atoms with van der Waals surface area (Å²) < 4.78 is 8.02. The van der Waals surface area contributed by atoms with Crippen LogP contribution in [0.1, 0.15) is 5.56 Å². The van der Waals surface area contributed by atoms with Crippen LogP contribution in [0.3, 0.4) is 0 Å². The van der Waals surface area contributed by atoms with Crippen LogP contribution in [0.25, 0.3) is 17.0 Å². The van der Waals surface area contributed by atoms with Crippen molar-refractivity contribution in [2.24, 2.45) is 0 Å². The standard InChI is InChI=1S/C27H21Cl2N3O2S/c1-30-25(26(33)32(27(30)35)21-10-6-19(28)7-11-21)16-18-17-31(24-5-3-2-4-23(18)24)14-15-34-22-12-8-20(29)9-13-22/h2-13,16-17H,14-15H2,1H3/b25-16-. The van der Waals surface area contributed by atoms with Crippen LogP contribution in [0.4, 0.5) is 5.69 Å². The molecule has 0 radical (unpaired) electrons. The van der Waals surface area contributed by atoms with Crippen molar-refractivity contribution in [3.05, 3.63) is 100 Å². The van der Waals surface area contributed by atoms with Crippen molar-refractivity contribution in [1.82, 2.24) is 9.47 Å². The summed E-state index contributed by atoms with van der Waals surface area (Å²) in [5, 5.41) is 2.74. The summed E-state index contributed by atoms with van der Waals surface area (Å²) in [6.07, 6.45) is 3.93. The molecule has 0 N–H and O–H groups in total. The summed E-state index contributed by atoms with van der Waals surface area (Å²) in [7, 11) is 1.81. The molecule has 0 bridgehead atoms. The Kier molecular flexibility index (Phi) is 6.52. The van der Waals surface area contributed by atoms with Crippen LogP contribution in [0, 0.1) is 0 Å². The number of rotatable bonds is 6. The van der Waals surface area contributed by atoms with Crippen molar-refractivity contribution in [3.8, 4) is 5.75 Å². The number of fused-ring (bicyclic) bond motifs is 1. The number of carbonyl (C=O) groups excluding carboxylic acids is 1. The molecule has 1 aliphatic rings. The summed E-state index contributed by atoms with van der Waals surface area (Å²) in [4.78, 5) is 16.6. The number of ether oxygens (including phenoxy) is 1. The first-order valence-electron chi connectivity index (χ1n) is 11.0. The summed E-state index contributed by atoms with van der Waals surface area (Å²) in [5.74, 6) is 0.588. The first-order chi connectivity index (χ1) is 16.9. The monoisotopic (exact) mass is 521 g/mol. The topological polar surface area (TPSA) is 37.7 Å². The molecule has 2 heterocycles. The second-order valence-corrected chi connectivity index (χ2v) is 9.32. The van der Waals surface area contributed by atoms with Gasteiger partial charge >= 0.3 is 0 Å². The van der Waals surface area contributed by atoms with Gasteiger partial charge in [-0.1, -0.05) is 41.4 Å². The number of hydrogen-bond donors (Lipinski definition) is 0. The lowest BCUT2D eigenvalue weighted by molar-refractivity contribution is -0.114. The predicted octanol–water partition coefficient (Wildman–Crippen LogP) is 6.63. The highest BCUT2D eigenvalue weighted by molar-refractivity contribution is 7.80. The Labute approximate surface area is 218 Å². The highest BCUT2D eigenvalue weighted by atomic mass is 35.5. The Morgan fingerprint density at radius 1 is 0.943 bits per heavy atom. The Hall–Kier alpha value is -3.32. The number of halogens is 2. The number of benzene rings is 3. The average molecular weight is 522 g/mol. The second-order valence-electron chi connectivity index (χ2n) is 8.09. The molecule has 0 atom stereocenters. The Morgan fingerprint density at radius 2 is 1.60 bits per heavy atom. The van der Waals surface area contributed by atoms with Crippen LogP contribution >= 0.6 is 35.4 Å². The van der Waals surface area contributed by atoms with Crippen LogP contribution in [-0.4, -0.2) is 34.1 Å². The van der Waals surface area contributed by atoms with Crippen LogP contribution in [0.5, 0.6) is 5.75 Å². The Balaban J connectivity index is 1.43. The molecule has 1 aromatic heterocycles. The van der Waals surface area contributed by atoms with E-state index in [1.807, 2.05) is 42.6 Å². The van der Waals surface area contributed by atoms with Gasteiger partial charge in [0, 0.05) is 39.8 Å². The fourth-order valence-electron chi connectivity index (χ4n) is 4.09. The molecular formula is C27H21Cl2N3O2S. The van der Waals surface area contributed by atoms with Gasteiger partial charge < -0.3 is 14.2 Å². The lowest BCUT2D eigenvalue weighted by Gasteiger charge is -2.16. The van der Waals surface area contributed by atoms with E-state index in [1.165, 1.54) is 4.90 Å². The largest absolute Gasteiger partial charge is 0.492 e. The minimum absolute atomic E-state index is 0.178. The first kappa shape index (κ1) is 23.4. The van der Waals surface area contributed by atoms with E-state index in [-0.39, 0.29) is 5.91 Å². The van der Waals surface area contributed by atoms with Crippen molar-refractivity contribution < 1.29 is 9.53 Å². The quantitative estimate of drug-likeness (QED) is 0.210. The average Bonchev–Trinajstić information content (AvgIpc) is 3.31. The summed E-state index contributed by atoms with van der Waals surface area (Å²) in [5.41, 5.74) is 3.18. The van der Waals surface area contributed by atoms with E-state index in [9.17, 15) is 4.79 Å². The smallest absolute Gasteiger partial charge is 0.281 e. The molecule has 0 saturated carbocycles. The molecular weight excluding hydrogens is 501 g/mol. The number of aromatic nitrogens is 1. The maximum Gasteiger partial charge on any atom is 0.281 e. The number of likely N-dealkylation sites (N-methyl/N-ethyl adjacent to an activating group) is 1. The van der Waals surface area contributed by atoms with E-state index in [0.717, 1.165) is 22.2 Å². The van der Waals surface area contributed by atoms with Crippen molar-refractivity contribution in [3.63, 3.8) is 0 Å². The molecule has 4 aromatic rings. The molecule has 35 heavy (non-hydrogen) atoms. The van der Waals surface area contributed by atoms with Crippen molar-refractivity contribution in [2.75, 3.05) is 18.6 Å². The summed E-state index contributed by atoms with van der Waals surface area (Å²) >= 11 is 17.6. The Morgan fingerprint density at radius 3 is 2.31 bits per heavy atom. The van der Waals surface area contributed by atoms with Gasteiger partial charge in [0.1, 0.15) is 18.1 Å². The molecule has 0 spiro atoms. The Bertz CT molecular complexity index is 1450. The lowest BCUT2D eigenvalue weighted by Crippen LogP contribution is -2.31. The zero-order valence-electron chi connectivity index (χ0n) is 18.8. The minimum Gasteiger partial charge on any atom is -0.492 e. The van der Waals surface area contributed by atoms with Gasteiger partial charge in [-0.3, -0.25) is 9.69 Å². The second kappa shape index (κ2) is 9.74. The van der Waals surface area contributed by atoms with Gasteiger partial charge in [0.15, 0.2) is 5.11 Å². The molecule has 176 valence electrons. The fourth-order valence-corrected chi connectivity index (χ4v) is 4.63. The zero-order valence-corrected chi connectivity index (χ0v) is 21.1. The van der Waals surface area contributed by atoms with Crippen molar-refractivity contribution in [2.45, 2.75) is 6.54 Å². The van der Waals surface area contributed by atoms with Gasteiger partial charge in [0.05, 0.1) is 12.2 Å². The van der Waals surface area contributed by atoms with E-state index in [4.69, 9.17) is 40.2 Å². The van der Waals surface area contributed by atoms with E-state index in [2.05, 4.69) is 10.6 Å². The van der Waals surface area contributed by atoms with Crippen LogP contribution in [0.15, 0.2) is 84.7 Å². The molecule has 1 fully saturated rings. The van der Waals surface area contributed by atoms with Gasteiger partial charge in [-0.25, -0.2) is 0 Å². The highest BCUT2D eigenvalue weighted by Gasteiger charge is 2.37. The number of amides is 1. The molecule has 5 nitrogen and oxygen atoms in total.